The van der Waals surface area contributed by atoms with E-state index in [9.17, 15) is 13.6 Å². The molecule has 1 saturated heterocycles. The van der Waals surface area contributed by atoms with Crippen molar-refractivity contribution in [3.8, 4) is 11.5 Å². The van der Waals surface area contributed by atoms with Gasteiger partial charge < -0.3 is 20.0 Å². The zero-order chi connectivity index (χ0) is 22.3. The molecular weight excluding hydrogens is 416 g/mol. The number of benzene rings is 2. The van der Waals surface area contributed by atoms with Crippen molar-refractivity contribution in [1.82, 2.24) is 15.1 Å². The summed E-state index contributed by atoms with van der Waals surface area (Å²) >= 11 is 0. The second kappa shape index (κ2) is 10.3. The van der Waals surface area contributed by atoms with Crippen LogP contribution in [0.1, 0.15) is 36.0 Å². The van der Waals surface area contributed by atoms with E-state index in [1.54, 1.807) is 6.07 Å². The SMILES string of the molecule is O=C(Nc1ccc(-c2nnc(NCCCN3CCCCC3)o2)cc1F)c1ccccc1F. The molecule has 32 heavy (non-hydrogen) atoms. The molecule has 0 spiro atoms. The maximum atomic E-state index is 14.5. The lowest BCUT2D eigenvalue weighted by atomic mass is 10.1. The Morgan fingerprint density at radius 3 is 2.62 bits per heavy atom. The lowest BCUT2D eigenvalue weighted by molar-refractivity contribution is 0.102. The van der Waals surface area contributed by atoms with Gasteiger partial charge in [-0.05, 0) is 69.2 Å². The van der Waals surface area contributed by atoms with Crippen LogP contribution in [0.4, 0.5) is 20.5 Å². The highest BCUT2D eigenvalue weighted by atomic mass is 19.1. The number of rotatable bonds is 8. The number of anilines is 2. The van der Waals surface area contributed by atoms with E-state index in [-0.39, 0.29) is 23.2 Å². The van der Waals surface area contributed by atoms with Gasteiger partial charge in [-0.1, -0.05) is 23.7 Å². The number of hydrogen-bond donors (Lipinski definition) is 2. The highest BCUT2D eigenvalue weighted by molar-refractivity contribution is 6.04. The van der Waals surface area contributed by atoms with Gasteiger partial charge in [-0.15, -0.1) is 5.10 Å². The maximum absolute atomic E-state index is 14.5. The molecule has 0 aliphatic carbocycles. The number of aromatic nitrogens is 2. The van der Waals surface area contributed by atoms with E-state index < -0.39 is 17.5 Å². The molecule has 0 bridgehead atoms. The van der Waals surface area contributed by atoms with Gasteiger partial charge in [-0.3, -0.25) is 4.79 Å². The van der Waals surface area contributed by atoms with Crippen LogP contribution in [0.3, 0.4) is 0 Å². The molecule has 1 fully saturated rings. The van der Waals surface area contributed by atoms with Crippen LogP contribution >= 0.6 is 0 Å². The Morgan fingerprint density at radius 2 is 1.84 bits per heavy atom. The highest BCUT2D eigenvalue weighted by Gasteiger charge is 2.16. The lowest BCUT2D eigenvalue weighted by Crippen LogP contribution is -2.31. The summed E-state index contributed by atoms with van der Waals surface area (Å²) in [5.41, 5.74) is 0.140. The summed E-state index contributed by atoms with van der Waals surface area (Å²) in [5, 5.41) is 13.4. The van der Waals surface area contributed by atoms with Gasteiger partial charge in [-0.25, -0.2) is 8.78 Å². The topological polar surface area (TPSA) is 83.3 Å². The van der Waals surface area contributed by atoms with Crippen LogP contribution in [0.5, 0.6) is 0 Å². The van der Waals surface area contributed by atoms with Crippen LogP contribution in [-0.4, -0.2) is 47.2 Å². The van der Waals surface area contributed by atoms with Crippen LogP contribution in [0.25, 0.3) is 11.5 Å². The molecule has 1 aliphatic rings. The molecule has 0 saturated carbocycles. The standard InChI is InChI=1S/C23H25F2N5O2/c24-18-8-3-2-7-17(18)21(31)27-20-10-9-16(15-19(20)25)22-28-29-23(32-22)26-11-6-14-30-12-4-1-5-13-30/h2-3,7-10,15H,1,4-6,11-14H2,(H,26,29)(H,27,31). The lowest BCUT2D eigenvalue weighted by Gasteiger charge is -2.26. The quantitative estimate of drug-likeness (QED) is 0.499. The Balaban J connectivity index is 1.32. The monoisotopic (exact) mass is 441 g/mol. The van der Waals surface area contributed by atoms with Gasteiger partial charge >= 0.3 is 6.01 Å². The molecule has 7 nitrogen and oxygen atoms in total. The molecule has 9 heteroatoms. The van der Waals surface area contributed by atoms with Crippen LogP contribution < -0.4 is 10.6 Å². The summed E-state index contributed by atoms with van der Waals surface area (Å²) in [5.74, 6) is -1.94. The Hall–Kier alpha value is -3.33. The largest absolute Gasteiger partial charge is 0.403 e. The fourth-order valence-electron chi connectivity index (χ4n) is 3.68. The van der Waals surface area contributed by atoms with E-state index in [0.717, 1.165) is 26.1 Å². The number of nitrogens with one attached hydrogen (secondary N) is 2. The first-order chi connectivity index (χ1) is 15.6. The minimum absolute atomic E-state index is 0.0717. The van der Waals surface area contributed by atoms with Gasteiger partial charge in [-0.2, -0.15) is 0 Å². The van der Waals surface area contributed by atoms with Crippen LogP contribution in [-0.2, 0) is 0 Å². The Labute approximate surface area is 184 Å². The highest BCUT2D eigenvalue weighted by Crippen LogP contribution is 2.25. The number of carbonyl (C=O) groups is 1. The maximum Gasteiger partial charge on any atom is 0.315 e. The molecule has 2 N–H and O–H groups in total. The summed E-state index contributed by atoms with van der Waals surface area (Å²) in [6.45, 7) is 4.05. The van der Waals surface area contributed by atoms with Crippen molar-refractivity contribution in [3.63, 3.8) is 0 Å². The van der Waals surface area contributed by atoms with Crippen molar-refractivity contribution >= 4 is 17.6 Å². The number of likely N-dealkylation sites (tertiary alicyclic amines) is 1. The van der Waals surface area contributed by atoms with Crippen molar-refractivity contribution in [2.45, 2.75) is 25.7 Å². The summed E-state index contributed by atoms with van der Waals surface area (Å²) in [6.07, 6.45) is 4.81. The Kier molecular flexibility index (Phi) is 7.06. The molecule has 168 valence electrons. The third kappa shape index (κ3) is 5.47. The third-order valence-electron chi connectivity index (χ3n) is 5.38. The van der Waals surface area contributed by atoms with E-state index in [4.69, 9.17) is 4.42 Å². The second-order valence-corrected chi connectivity index (χ2v) is 7.72. The van der Waals surface area contributed by atoms with Gasteiger partial charge in [0.2, 0.25) is 5.89 Å². The average molecular weight is 441 g/mol. The van der Waals surface area contributed by atoms with Crippen LogP contribution in [0, 0.1) is 11.6 Å². The fraction of sp³-hybridized carbons (Fsp3) is 0.348. The Morgan fingerprint density at radius 1 is 1.03 bits per heavy atom. The molecule has 3 aromatic rings. The van der Waals surface area contributed by atoms with Gasteiger partial charge in [0.05, 0.1) is 11.3 Å². The minimum atomic E-state index is -0.733. The first-order valence-electron chi connectivity index (χ1n) is 10.8. The predicted molar refractivity (Wildman–Crippen MR) is 117 cm³/mol. The van der Waals surface area contributed by atoms with E-state index in [1.807, 2.05) is 0 Å². The van der Waals surface area contributed by atoms with Crippen LogP contribution in [0.2, 0.25) is 0 Å². The summed E-state index contributed by atoms with van der Waals surface area (Å²) in [6, 6.07) is 9.89. The third-order valence-corrected chi connectivity index (χ3v) is 5.38. The van der Waals surface area contributed by atoms with E-state index >= 15 is 0 Å². The second-order valence-electron chi connectivity index (χ2n) is 7.72. The zero-order valence-corrected chi connectivity index (χ0v) is 17.6. The van der Waals surface area contributed by atoms with Gasteiger partial charge in [0.25, 0.3) is 5.91 Å². The minimum Gasteiger partial charge on any atom is -0.403 e. The Bertz CT molecular complexity index is 1070. The number of carbonyl (C=O) groups excluding carboxylic acids is 1. The van der Waals surface area contributed by atoms with Crippen molar-refractivity contribution in [1.29, 1.82) is 0 Å². The summed E-state index contributed by atoms with van der Waals surface area (Å²) < 4.78 is 33.8. The molecule has 0 atom stereocenters. The van der Waals surface area contributed by atoms with E-state index in [0.29, 0.717) is 12.1 Å². The smallest absolute Gasteiger partial charge is 0.315 e. The fourth-order valence-corrected chi connectivity index (χ4v) is 3.68. The number of hydrogen-bond acceptors (Lipinski definition) is 6. The molecule has 1 amide bonds. The van der Waals surface area contributed by atoms with Crippen molar-refractivity contribution < 1.29 is 18.0 Å². The number of halogens is 2. The predicted octanol–water partition coefficient (Wildman–Crippen LogP) is 4.56. The molecular formula is C23H25F2N5O2. The van der Waals surface area contributed by atoms with E-state index in [1.165, 1.54) is 55.7 Å². The molecule has 0 unspecified atom stereocenters. The summed E-state index contributed by atoms with van der Waals surface area (Å²) in [4.78, 5) is 14.7. The average Bonchev–Trinajstić information content (AvgIpc) is 3.28. The molecule has 1 aliphatic heterocycles. The normalized spacial score (nSPS) is 14.3. The van der Waals surface area contributed by atoms with Gasteiger partial charge in [0.15, 0.2) is 0 Å². The van der Waals surface area contributed by atoms with Gasteiger partial charge in [0, 0.05) is 12.1 Å². The summed E-state index contributed by atoms with van der Waals surface area (Å²) in [7, 11) is 0. The van der Waals surface area contributed by atoms with Crippen molar-refractivity contribution in [3.05, 3.63) is 59.7 Å². The first-order valence-corrected chi connectivity index (χ1v) is 10.8. The van der Waals surface area contributed by atoms with Crippen molar-refractivity contribution in [2.24, 2.45) is 0 Å². The van der Waals surface area contributed by atoms with Crippen LogP contribution in [0.15, 0.2) is 46.9 Å². The number of nitrogens with zero attached hydrogens (tertiary/aromatic N) is 3. The van der Waals surface area contributed by atoms with Crippen molar-refractivity contribution in [2.75, 3.05) is 36.8 Å². The van der Waals surface area contributed by atoms with E-state index in [2.05, 4.69) is 25.7 Å². The molecule has 2 heterocycles. The van der Waals surface area contributed by atoms with Gasteiger partial charge in [0.1, 0.15) is 11.6 Å². The zero-order valence-electron chi connectivity index (χ0n) is 17.6. The molecule has 4 rings (SSSR count). The molecule has 1 aromatic heterocycles. The number of piperidine rings is 1. The molecule has 2 aromatic carbocycles. The molecule has 0 radical (unpaired) electrons. The first kappa shape index (κ1) is 21.9. The number of amides is 1.